The van der Waals surface area contributed by atoms with Gasteiger partial charge in [0.1, 0.15) is 17.8 Å². The van der Waals surface area contributed by atoms with E-state index < -0.39 is 0 Å². The molecular formula is C16H21ClN2O4. The molecule has 0 radical (unpaired) electrons. The van der Waals surface area contributed by atoms with E-state index in [0.717, 1.165) is 6.42 Å². The predicted octanol–water partition coefficient (Wildman–Crippen LogP) is 2.83. The molecule has 0 aliphatic rings. The number of benzene rings is 1. The number of rotatable bonds is 8. The number of furan rings is 1. The van der Waals surface area contributed by atoms with Crippen LogP contribution in [0.5, 0.6) is 5.75 Å². The molecule has 0 unspecified atom stereocenters. The molecule has 6 nitrogen and oxygen atoms in total. The zero-order valence-corrected chi connectivity index (χ0v) is 13.7. The van der Waals surface area contributed by atoms with Gasteiger partial charge < -0.3 is 24.9 Å². The monoisotopic (exact) mass is 340 g/mol. The number of anilines is 1. The smallest absolute Gasteiger partial charge is 0.258 e. The number of halogens is 1. The molecule has 0 fully saturated rings. The standard InChI is InChI=1S/C16H20N2O4.ClH/c1-20-6-3-7-21-14-5-2-4-13(9-14)18-16(19)12-8-15(10-17)22-11-12;/h2,4-5,8-9,11H,3,6-7,10,17H2,1H3,(H,18,19);1H. The maximum Gasteiger partial charge on any atom is 0.258 e. The van der Waals surface area contributed by atoms with Crippen LogP contribution < -0.4 is 15.8 Å². The lowest BCUT2D eigenvalue weighted by Gasteiger charge is -2.08. The van der Waals surface area contributed by atoms with E-state index in [4.69, 9.17) is 19.6 Å². The molecule has 0 spiro atoms. The van der Waals surface area contributed by atoms with Crippen molar-refractivity contribution in [2.75, 3.05) is 25.6 Å². The highest BCUT2D eigenvalue weighted by Gasteiger charge is 2.10. The fourth-order valence-electron chi connectivity index (χ4n) is 1.87. The van der Waals surface area contributed by atoms with E-state index in [2.05, 4.69) is 5.32 Å². The van der Waals surface area contributed by atoms with E-state index in [1.165, 1.54) is 6.26 Å². The summed E-state index contributed by atoms with van der Waals surface area (Å²) in [5.41, 5.74) is 6.55. The average molecular weight is 341 g/mol. The quantitative estimate of drug-likeness (QED) is 0.721. The van der Waals surface area contributed by atoms with Crippen LogP contribution in [0.2, 0.25) is 0 Å². The Bertz CT molecular complexity index is 616. The maximum atomic E-state index is 12.1. The Morgan fingerprint density at radius 3 is 2.83 bits per heavy atom. The van der Waals surface area contributed by atoms with Crippen molar-refractivity contribution in [3.05, 3.63) is 47.9 Å². The fourth-order valence-corrected chi connectivity index (χ4v) is 1.87. The largest absolute Gasteiger partial charge is 0.493 e. The van der Waals surface area contributed by atoms with Gasteiger partial charge in [0, 0.05) is 31.9 Å². The van der Waals surface area contributed by atoms with Gasteiger partial charge in [-0.3, -0.25) is 4.79 Å². The summed E-state index contributed by atoms with van der Waals surface area (Å²) in [5, 5.41) is 2.79. The molecular weight excluding hydrogens is 320 g/mol. The maximum absolute atomic E-state index is 12.1. The van der Waals surface area contributed by atoms with Gasteiger partial charge in [-0.15, -0.1) is 12.4 Å². The summed E-state index contributed by atoms with van der Waals surface area (Å²) in [6, 6.07) is 8.85. The number of methoxy groups -OCH3 is 1. The molecule has 23 heavy (non-hydrogen) atoms. The van der Waals surface area contributed by atoms with Gasteiger partial charge in [0.15, 0.2) is 0 Å². The first kappa shape index (κ1) is 19.0. The third-order valence-corrected chi connectivity index (χ3v) is 2.97. The van der Waals surface area contributed by atoms with E-state index in [0.29, 0.717) is 36.0 Å². The normalized spacial score (nSPS) is 10.0. The SMILES string of the molecule is COCCCOc1cccc(NC(=O)c2coc(CN)c2)c1.Cl. The molecule has 0 atom stereocenters. The Morgan fingerprint density at radius 2 is 2.13 bits per heavy atom. The third kappa shape index (κ3) is 5.94. The Kier molecular flexibility index (Phi) is 8.18. The lowest BCUT2D eigenvalue weighted by Crippen LogP contribution is -2.11. The summed E-state index contributed by atoms with van der Waals surface area (Å²) in [6.45, 7) is 1.48. The molecule has 7 heteroatoms. The molecule has 2 rings (SSSR count). The van der Waals surface area contributed by atoms with E-state index in [-0.39, 0.29) is 24.9 Å². The third-order valence-electron chi connectivity index (χ3n) is 2.97. The van der Waals surface area contributed by atoms with E-state index in [1.54, 1.807) is 25.3 Å². The Morgan fingerprint density at radius 1 is 1.30 bits per heavy atom. The van der Waals surface area contributed by atoms with Gasteiger partial charge >= 0.3 is 0 Å². The van der Waals surface area contributed by atoms with Crippen molar-refractivity contribution in [2.24, 2.45) is 5.73 Å². The van der Waals surface area contributed by atoms with Gasteiger partial charge in [-0.05, 0) is 18.2 Å². The van der Waals surface area contributed by atoms with E-state index in [9.17, 15) is 4.79 Å². The van der Waals surface area contributed by atoms with Gasteiger partial charge in [0.05, 0.1) is 18.7 Å². The number of nitrogens with one attached hydrogen (secondary N) is 1. The van der Waals surface area contributed by atoms with Crippen molar-refractivity contribution in [1.82, 2.24) is 0 Å². The highest BCUT2D eigenvalue weighted by molar-refractivity contribution is 6.04. The lowest BCUT2D eigenvalue weighted by atomic mass is 10.2. The lowest BCUT2D eigenvalue weighted by molar-refractivity contribution is 0.102. The molecule has 2 aromatic rings. The van der Waals surface area contributed by atoms with Crippen LogP contribution in [0.25, 0.3) is 0 Å². The van der Waals surface area contributed by atoms with E-state index in [1.807, 2.05) is 12.1 Å². The molecule has 0 aliphatic carbocycles. The second-order valence-electron chi connectivity index (χ2n) is 4.68. The molecule has 1 heterocycles. The molecule has 0 bridgehead atoms. The predicted molar refractivity (Wildman–Crippen MR) is 90.2 cm³/mol. The number of carbonyl (C=O) groups is 1. The van der Waals surface area contributed by atoms with Gasteiger partial charge in [-0.2, -0.15) is 0 Å². The van der Waals surface area contributed by atoms with Crippen molar-refractivity contribution < 1.29 is 18.7 Å². The first-order chi connectivity index (χ1) is 10.7. The molecule has 1 aromatic heterocycles. The van der Waals surface area contributed by atoms with Gasteiger partial charge in [0.2, 0.25) is 0 Å². The minimum atomic E-state index is -0.250. The second kappa shape index (κ2) is 9.89. The fraction of sp³-hybridized carbons (Fsp3) is 0.312. The molecule has 126 valence electrons. The zero-order chi connectivity index (χ0) is 15.8. The van der Waals surface area contributed by atoms with Crippen molar-refractivity contribution in [1.29, 1.82) is 0 Å². The number of nitrogens with two attached hydrogens (primary N) is 1. The number of hydrogen-bond acceptors (Lipinski definition) is 5. The summed E-state index contributed by atoms with van der Waals surface area (Å²) in [4.78, 5) is 12.1. The topological polar surface area (TPSA) is 86.7 Å². The van der Waals surface area contributed by atoms with Crippen molar-refractivity contribution in [2.45, 2.75) is 13.0 Å². The van der Waals surface area contributed by atoms with E-state index >= 15 is 0 Å². The first-order valence-corrected chi connectivity index (χ1v) is 7.03. The van der Waals surface area contributed by atoms with Crippen LogP contribution in [0.15, 0.2) is 41.0 Å². The summed E-state index contributed by atoms with van der Waals surface area (Å²) < 4.78 is 15.7. The number of hydrogen-bond donors (Lipinski definition) is 2. The molecule has 1 aromatic carbocycles. The molecule has 0 aliphatic heterocycles. The summed E-state index contributed by atoms with van der Waals surface area (Å²) in [7, 11) is 1.65. The zero-order valence-electron chi connectivity index (χ0n) is 12.9. The van der Waals surface area contributed by atoms with Gasteiger partial charge in [-0.25, -0.2) is 0 Å². The Balaban J connectivity index is 0.00000264. The van der Waals surface area contributed by atoms with Crippen LogP contribution in [0.4, 0.5) is 5.69 Å². The average Bonchev–Trinajstić information content (AvgIpc) is 3.01. The second-order valence-corrected chi connectivity index (χ2v) is 4.68. The van der Waals surface area contributed by atoms with Gasteiger partial charge in [-0.1, -0.05) is 6.07 Å². The highest BCUT2D eigenvalue weighted by atomic mass is 35.5. The Hall–Kier alpha value is -2.02. The first-order valence-electron chi connectivity index (χ1n) is 7.03. The van der Waals surface area contributed by atoms with Crippen molar-refractivity contribution >= 4 is 24.0 Å². The minimum absolute atomic E-state index is 0. The molecule has 3 N–H and O–H groups in total. The minimum Gasteiger partial charge on any atom is -0.493 e. The number of carbonyl (C=O) groups excluding carboxylic acids is 1. The number of amides is 1. The van der Waals surface area contributed by atoms with Crippen LogP contribution in [0.3, 0.4) is 0 Å². The summed E-state index contributed by atoms with van der Waals surface area (Å²) >= 11 is 0. The summed E-state index contributed by atoms with van der Waals surface area (Å²) in [6.07, 6.45) is 2.20. The highest BCUT2D eigenvalue weighted by Crippen LogP contribution is 2.19. The number of ether oxygens (including phenoxy) is 2. The van der Waals surface area contributed by atoms with Crippen LogP contribution in [0.1, 0.15) is 22.5 Å². The van der Waals surface area contributed by atoms with Crippen molar-refractivity contribution in [3.63, 3.8) is 0 Å². The molecule has 0 saturated heterocycles. The van der Waals surface area contributed by atoms with Crippen molar-refractivity contribution in [3.8, 4) is 5.75 Å². The van der Waals surface area contributed by atoms with Gasteiger partial charge in [0.25, 0.3) is 5.91 Å². The summed E-state index contributed by atoms with van der Waals surface area (Å²) in [5.74, 6) is 1.02. The van der Waals surface area contributed by atoms with Crippen LogP contribution in [-0.4, -0.2) is 26.2 Å². The van der Waals surface area contributed by atoms with Crippen LogP contribution >= 0.6 is 12.4 Å². The Labute approximate surface area is 141 Å². The molecule has 1 amide bonds. The van der Waals surface area contributed by atoms with Crippen LogP contribution in [-0.2, 0) is 11.3 Å². The molecule has 0 saturated carbocycles. The van der Waals surface area contributed by atoms with Crippen LogP contribution in [0, 0.1) is 0 Å².